The minimum Gasteiger partial charge on any atom is -0.449 e. The Hall–Kier alpha value is -0.850. The van der Waals surface area contributed by atoms with Crippen LogP contribution in [0.15, 0.2) is 0 Å². The summed E-state index contributed by atoms with van der Waals surface area (Å²) in [5, 5.41) is 2.40. The molecule has 0 aliphatic carbocycles. The van der Waals surface area contributed by atoms with E-state index in [0.29, 0.717) is 13.2 Å². The minimum atomic E-state index is -0.382. The fraction of sp³-hybridized carbons (Fsp3) is 0.917. The number of piperazine rings is 1. The number of nitrogens with zero attached hydrogens (tertiary/aromatic N) is 2. The van der Waals surface area contributed by atoms with Crippen LogP contribution in [0.3, 0.4) is 0 Å². The second kappa shape index (κ2) is 9.13. The first kappa shape index (κ1) is 15.2. The van der Waals surface area contributed by atoms with E-state index in [1.807, 2.05) is 0 Å². The van der Waals surface area contributed by atoms with Crippen LogP contribution in [0.4, 0.5) is 4.79 Å². The van der Waals surface area contributed by atoms with Crippen LogP contribution in [0, 0.1) is 0 Å². The van der Waals surface area contributed by atoms with Gasteiger partial charge in [0, 0.05) is 52.8 Å². The Labute approximate surface area is 109 Å². The molecule has 0 bridgehead atoms. The van der Waals surface area contributed by atoms with Crippen molar-refractivity contribution in [2.24, 2.45) is 0 Å². The van der Waals surface area contributed by atoms with Gasteiger partial charge in [0.1, 0.15) is 0 Å². The molecule has 0 atom stereocenters. The SMILES string of the molecule is CNC(=O)OCCCOCCN1CCN(C)CC1. The zero-order valence-corrected chi connectivity index (χ0v) is 11.5. The largest absolute Gasteiger partial charge is 0.449 e. The maximum Gasteiger partial charge on any atom is 0.406 e. The molecule has 6 heteroatoms. The van der Waals surface area contributed by atoms with E-state index in [-0.39, 0.29) is 6.09 Å². The Morgan fingerprint density at radius 3 is 2.56 bits per heavy atom. The molecule has 1 saturated heterocycles. The number of amides is 1. The third-order valence-electron chi connectivity index (χ3n) is 3.02. The summed E-state index contributed by atoms with van der Waals surface area (Å²) in [6.45, 7) is 7.33. The van der Waals surface area contributed by atoms with Gasteiger partial charge in [-0.3, -0.25) is 4.90 Å². The van der Waals surface area contributed by atoms with Gasteiger partial charge in [0.05, 0.1) is 13.2 Å². The Morgan fingerprint density at radius 2 is 1.89 bits per heavy atom. The van der Waals surface area contributed by atoms with Crippen LogP contribution in [0.1, 0.15) is 6.42 Å². The third-order valence-corrected chi connectivity index (χ3v) is 3.02. The molecule has 6 nitrogen and oxygen atoms in total. The van der Waals surface area contributed by atoms with Crippen LogP contribution < -0.4 is 5.32 Å². The Bertz CT molecular complexity index is 231. The van der Waals surface area contributed by atoms with E-state index in [2.05, 4.69) is 22.2 Å². The Balaban J connectivity index is 1.85. The zero-order valence-electron chi connectivity index (χ0n) is 11.5. The Morgan fingerprint density at radius 1 is 1.17 bits per heavy atom. The average Bonchev–Trinajstić information content (AvgIpc) is 2.39. The molecule has 0 aromatic rings. The van der Waals surface area contributed by atoms with E-state index in [1.54, 1.807) is 7.05 Å². The van der Waals surface area contributed by atoms with Gasteiger partial charge in [-0.1, -0.05) is 0 Å². The van der Waals surface area contributed by atoms with Gasteiger partial charge in [-0.25, -0.2) is 4.79 Å². The second-order valence-electron chi connectivity index (χ2n) is 4.50. The van der Waals surface area contributed by atoms with Crippen molar-refractivity contribution >= 4 is 6.09 Å². The summed E-state index contributed by atoms with van der Waals surface area (Å²) in [5.74, 6) is 0. The monoisotopic (exact) mass is 259 g/mol. The van der Waals surface area contributed by atoms with Gasteiger partial charge in [-0.15, -0.1) is 0 Å². The van der Waals surface area contributed by atoms with E-state index < -0.39 is 0 Å². The lowest BCUT2D eigenvalue weighted by Gasteiger charge is -2.32. The van der Waals surface area contributed by atoms with Crippen molar-refractivity contribution < 1.29 is 14.3 Å². The van der Waals surface area contributed by atoms with Crippen LogP contribution in [-0.4, -0.2) is 82.5 Å². The van der Waals surface area contributed by atoms with Crippen molar-refractivity contribution in [2.75, 3.05) is 66.6 Å². The first-order chi connectivity index (χ1) is 8.72. The summed E-state index contributed by atoms with van der Waals surface area (Å²) in [6.07, 6.45) is 0.364. The maximum absolute atomic E-state index is 10.7. The van der Waals surface area contributed by atoms with Crippen molar-refractivity contribution in [2.45, 2.75) is 6.42 Å². The lowest BCUT2D eigenvalue weighted by atomic mass is 10.3. The molecular formula is C12H25N3O3. The first-order valence-corrected chi connectivity index (χ1v) is 6.55. The van der Waals surface area contributed by atoms with Gasteiger partial charge in [-0.05, 0) is 7.05 Å². The van der Waals surface area contributed by atoms with Gasteiger partial charge >= 0.3 is 6.09 Å². The van der Waals surface area contributed by atoms with Gasteiger partial charge < -0.3 is 19.7 Å². The van der Waals surface area contributed by atoms with E-state index in [9.17, 15) is 4.79 Å². The van der Waals surface area contributed by atoms with E-state index in [1.165, 1.54) is 0 Å². The van der Waals surface area contributed by atoms with Crippen molar-refractivity contribution in [1.82, 2.24) is 15.1 Å². The van der Waals surface area contributed by atoms with Crippen molar-refractivity contribution in [1.29, 1.82) is 0 Å². The number of ether oxygens (including phenoxy) is 2. The van der Waals surface area contributed by atoms with E-state index in [4.69, 9.17) is 9.47 Å². The van der Waals surface area contributed by atoms with E-state index in [0.717, 1.165) is 45.8 Å². The number of hydrogen-bond acceptors (Lipinski definition) is 5. The van der Waals surface area contributed by atoms with Crippen molar-refractivity contribution in [3.63, 3.8) is 0 Å². The summed E-state index contributed by atoms with van der Waals surface area (Å²) in [6, 6.07) is 0. The number of likely N-dealkylation sites (N-methyl/N-ethyl adjacent to an activating group) is 1. The van der Waals surface area contributed by atoms with Crippen LogP contribution in [-0.2, 0) is 9.47 Å². The fourth-order valence-corrected chi connectivity index (χ4v) is 1.77. The average molecular weight is 259 g/mol. The van der Waals surface area contributed by atoms with Crippen LogP contribution >= 0.6 is 0 Å². The van der Waals surface area contributed by atoms with Gasteiger partial charge in [0.2, 0.25) is 0 Å². The lowest BCUT2D eigenvalue weighted by Crippen LogP contribution is -2.45. The van der Waals surface area contributed by atoms with Crippen LogP contribution in [0.25, 0.3) is 0 Å². The smallest absolute Gasteiger partial charge is 0.406 e. The molecule has 1 aliphatic rings. The fourth-order valence-electron chi connectivity index (χ4n) is 1.77. The molecule has 1 heterocycles. The van der Waals surface area contributed by atoms with E-state index >= 15 is 0 Å². The molecule has 18 heavy (non-hydrogen) atoms. The topological polar surface area (TPSA) is 54.0 Å². The summed E-state index contributed by atoms with van der Waals surface area (Å²) < 4.78 is 10.4. The summed E-state index contributed by atoms with van der Waals surface area (Å²) in [4.78, 5) is 15.5. The zero-order chi connectivity index (χ0) is 13.2. The molecule has 1 rings (SSSR count). The predicted octanol–water partition coefficient (Wildman–Crippen LogP) is -0.00350. The molecule has 0 unspecified atom stereocenters. The summed E-state index contributed by atoms with van der Waals surface area (Å²) >= 11 is 0. The molecule has 1 N–H and O–H groups in total. The summed E-state index contributed by atoms with van der Waals surface area (Å²) in [7, 11) is 3.70. The highest BCUT2D eigenvalue weighted by molar-refractivity contribution is 5.66. The first-order valence-electron chi connectivity index (χ1n) is 6.55. The molecule has 0 aromatic carbocycles. The number of hydrogen-bond donors (Lipinski definition) is 1. The highest BCUT2D eigenvalue weighted by Crippen LogP contribution is 1.98. The molecule has 0 saturated carbocycles. The number of carbonyl (C=O) groups is 1. The molecular weight excluding hydrogens is 234 g/mol. The number of rotatable bonds is 7. The van der Waals surface area contributed by atoms with Gasteiger partial charge in [-0.2, -0.15) is 0 Å². The molecule has 0 aromatic heterocycles. The molecule has 0 radical (unpaired) electrons. The molecule has 0 spiro atoms. The molecule has 1 fully saturated rings. The molecule has 1 aliphatic heterocycles. The molecule has 106 valence electrons. The van der Waals surface area contributed by atoms with Crippen LogP contribution in [0.5, 0.6) is 0 Å². The number of nitrogens with one attached hydrogen (secondary N) is 1. The molecule has 1 amide bonds. The standard InChI is InChI=1S/C12H25N3O3/c1-13-12(16)18-10-3-9-17-11-8-15-6-4-14(2)5-7-15/h3-11H2,1-2H3,(H,13,16). The van der Waals surface area contributed by atoms with Gasteiger partial charge in [0.25, 0.3) is 0 Å². The Kier molecular flexibility index (Phi) is 7.71. The third kappa shape index (κ3) is 6.78. The highest BCUT2D eigenvalue weighted by atomic mass is 16.5. The minimum absolute atomic E-state index is 0.382. The lowest BCUT2D eigenvalue weighted by molar-refractivity contribution is 0.0706. The second-order valence-corrected chi connectivity index (χ2v) is 4.50. The highest BCUT2D eigenvalue weighted by Gasteiger charge is 2.12. The summed E-state index contributed by atoms with van der Waals surface area (Å²) in [5.41, 5.74) is 0. The van der Waals surface area contributed by atoms with Crippen LogP contribution in [0.2, 0.25) is 0 Å². The quantitative estimate of drug-likeness (QED) is 0.652. The number of alkyl carbamates (subject to hydrolysis) is 1. The maximum atomic E-state index is 10.7. The van der Waals surface area contributed by atoms with Crippen molar-refractivity contribution in [3.8, 4) is 0 Å². The number of carbonyl (C=O) groups excluding carboxylic acids is 1. The van der Waals surface area contributed by atoms with Crippen molar-refractivity contribution in [3.05, 3.63) is 0 Å². The van der Waals surface area contributed by atoms with Gasteiger partial charge in [0.15, 0.2) is 0 Å². The normalized spacial score (nSPS) is 17.7. The predicted molar refractivity (Wildman–Crippen MR) is 69.8 cm³/mol.